The van der Waals surface area contributed by atoms with Crippen molar-refractivity contribution in [1.29, 1.82) is 0 Å². The average molecular weight is 239 g/mol. The number of benzene rings is 1. The van der Waals surface area contributed by atoms with Crippen molar-refractivity contribution in [3.8, 4) is 5.75 Å². The molecule has 1 aromatic rings. The van der Waals surface area contributed by atoms with Crippen LogP contribution in [0, 0.1) is 11.7 Å². The maximum Gasteiger partial charge on any atom is 0.125 e. The van der Waals surface area contributed by atoms with Crippen molar-refractivity contribution in [3.05, 3.63) is 29.6 Å². The van der Waals surface area contributed by atoms with E-state index in [1.54, 1.807) is 6.07 Å². The minimum atomic E-state index is -1.02. The number of piperidine rings is 1. The highest BCUT2D eigenvalue weighted by atomic mass is 19.1. The molecule has 0 bridgehead atoms. The number of ether oxygens (including phenoxy) is 1. The highest BCUT2D eigenvalue weighted by Crippen LogP contribution is 2.39. The highest BCUT2D eigenvalue weighted by Gasteiger charge is 2.40. The summed E-state index contributed by atoms with van der Waals surface area (Å²) in [5, 5.41) is 14.0. The number of aliphatic hydroxyl groups is 1. The lowest BCUT2D eigenvalue weighted by atomic mass is 9.77. The second kappa shape index (κ2) is 4.63. The van der Waals surface area contributed by atoms with E-state index in [-0.39, 0.29) is 11.7 Å². The molecule has 2 rings (SSSR count). The molecule has 0 spiro atoms. The third-order valence-electron chi connectivity index (χ3n) is 3.58. The van der Waals surface area contributed by atoms with E-state index in [4.69, 9.17) is 4.74 Å². The van der Waals surface area contributed by atoms with Crippen LogP contribution in [0.5, 0.6) is 5.75 Å². The molecule has 0 aromatic heterocycles. The highest BCUT2D eigenvalue weighted by molar-refractivity contribution is 5.39. The van der Waals surface area contributed by atoms with Crippen LogP contribution in [-0.2, 0) is 5.60 Å². The monoisotopic (exact) mass is 239 g/mol. The Morgan fingerprint density at radius 2 is 2.29 bits per heavy atom. The molecule has 0 saturated carbocycles. The van der Waals surface area contributed by atoms with Crippen LogP contribution in [-0.4, -0.2) is 25.3 Å². The lowest BCUT2D eigenvalue weighted by Crippen LogP contribution is -2.47. The van der Waals surface area contributed by atoms with Gasteiger partial charge < -0.3 is 15.2 Å². The van der Waals surface area contributed by atoms with Gasteiger partial charge in [-0.2, -0.15) is 0 Å². The lowest BCUT2D eigenvalue weighted by molar-refractivity contribution is -0.0410. The molecule has 0 amide bonds. The van der Waals surface area contributed by atoms with Gasteiger partial charge in [0.2, 0.25) is 0 Å². The van der Waals surface area contributed by atoms with Gasteiger partial charge in [-0.15, -0.1) is 0 Å². The van der Waals surface area contributed by atoms with Crippen molar-refractivity contribution in [2.75, 3.05) is 20.2 Å². The van der Waals surface area contributed by atoms with E-state index < -0.39 is 5.60 Å². The van der Waals surface area contributed by atoms with Gasteiger partial charge in [0.1, 0.15) is 11.6 Å². The molecule has 2 unspecified atom stereocenters. The van der Waals surface area contributed by atoms with Gasteiger partial charge in [-0.1, -0.05) is 6.92 Å². The minimum Gasteiger partial charge on any atom is -0.496 e. The summed E-state index contributed by atoms with van der Waals surface area (Å²) in [6.45, 7) is 3.40. The van der Waals surface area contributed by atoms with Gasteiger partial charge in [-0.05, 0) is 31.2 Å². The molecule has 2 atom stereocenters. The van der Waals surface area contributed by atoms with Gasteiger partial charge >= 0.3 is 0 Å². The molecule has 1 heterocycles. The Hall–Kier alpha value is -1.13. The van der Waals surface area contributed by atoms with E-state index >= 15 is 0 Å². The lowest BCUT2D eigenvalue weighted by Gasteiger charge is -2.39. The fourth-order valence-corrected chi connectivity index (χ4v) is 2.43. The maximum atomic E-state index is 13.4. The van der Waals surface area contributed by atoms with E-state index in [0.717, 1.165) is 13.1 Å². The van der Waals surface area contributed by atoms with Crippen molar-refractivity contribution in [2.24, 2.45) is 5.92 Å². The Morgan fingerprint density at radius 1 is 1.53 bits per heavy atom. The Labute approximate surface area is 101 Å². The predicted octanol–water partition coefficient (Wildman–Crippen LogP) is 1.65. The summed E-state index contributed by atoms with van der Waals surface area (Å²) in [6, 6.07) is 4.29. The molecule has 2 N–H and O–H groups in total. The van der Waals surface area contributed by atoms with E-state index in [1.807, 2.05) is 6.92 Å². The molecular weight excluding hydrogens is 221 g/mol. The minimum absolute atomic E-state index is 0.0203. The average Bonchev–Trinajstić information content (AvgIpc) is 2.33. The summed E-state index contributed by atoms with van der Waals surface area (Å²) < 4.78 is 18.6. The first-order valence-corrected chi connectivity index (χ1v) is 5.85. The summed E-state index contributed by atoms with van der Waals surface area (Å²) in [7, 11) is 1.53. The summed E-state index contributed by atoms with van der Waals surface area (Å²) in [5.41, 5.74) is -0.465. The first-order valence-electron chi connectivity index (χ1n) is 5.85. The fraction of sp³-hybridized carbons (Fsp3) is 0.538. The van der Waals surface area contributed by atoms with E-state index in [1.165, 1.54) is 19.2 Å². The van der Waals surface area contributed by atoms with Crippen molar-refractivity contribution in [3.63, 3.8) is 0 Å². The van der Waals surface area contributed by atoms with Crippen molar-refractivity contribution >= 4 is 0 Å². The standard InChI is InChI=1S/C13H18FNO2/c1-9-8-15-6-5-13(9,16)11-7-10(14)3-4-12(11)17-2/h3-4,7,9,15-16H,5-6,8H2,1-2H3. The molecule has 0 radical (unpaired) electrons. The fourth-order valence-electron chi connectivity index (χ4n) is 2.43. The Balaban J connectivity index is 2.46. The topological polar surface area (TPSA) is 41.5 Å². The summed E-state index contributed by atoms with van der Waals surface area (Å²) in [6.07, 6.45) is 0.563. The summed E-state index contributed by atoms with van der Waals surface area (Å²) >= 11 is 0. The molecule has 17 heavy (non-hydrogen) atoms. The smallest absolute Gasteiger partial charge is 0.125 e. The molecule has 1 saturated heterocycles. The van der Waals surface area contributed by atoms with Crippen LogP contribution >= 0.6 is 0 Å². The van der Waals surface area contributed by atoms with Crippen LogP contribution in [0.4, 0.5) is 4.39 Å². The summed E-state index contributed by atoms with van der Waals surface area (Å²) in [5.74, 6) is 0.217. The van der Waals surface area contributed by atoms with Gasteiger partial charge in [0, 0.05) is 18.0 Å². The molecule has 3 nitrogen and oxygen atoms in total. The SMILES string of the molecule is COc1ccc(F)cc1C1(O)CCNCC1C. The van der Waals surface area contributed by atoms with Gasteiger partial charge in [-0.3, -0.25) is 0 Å². The van der Waals surface area contributed by atoms with Gasteiger partial charge in [0.05, 0.1) is 12.7 Å². The van der Waals surface area contributed by atoms with Gasteiger partial charge in [0.25, 0.3) is 0 Å². The van der Waals surface area contributed by atoms with E-state index in [0.29, 0.717) is 17.7 Å². The molecule has 94 valence electrons. The molecule has 0 aliphatic carbocycles. The molecule has 1 aliphatic heterocycles. The Kier molecular flexibility index (Phi) is 3.35. The predicted molar refractivity (Wildman–Crippen MR) is 63.5 cm³/mol. The number of methoxy groups -OCH3 is 1. The summed E-state index contributed by atoms with van der Waals surface area (Å²) in [4.78, 5) is 0. The second-order valence-corrected chi connectivity index (χ2v) is 4.62. The van der Waals surface area contributed by atoms with Gasteiger partial charge in [0.15, 0.2) is 0 Å². The normalized spacial score (nSPS) is 29.1. The van der Waals surface area contributed by atoms with Crippen LogP contribution in [0.15, 0.2) is 18.2 Å². The number of rotatable bonds is 2. The van der Waals surface area contributed by atoms with Crippen LogP contribution in [0.25, 0.3) is 0 Å². The first kappa shape index (κ1) is 12.3. The Bertz CT molecular complexity index is 410. The van der Waals surface area contributed by atoms with E-state index in [9.17, 15) is 9.50 Å². The van der Waals surface area contributed by atoms with Crippen LogP contribution in [0.2, 0.25) is 0 Å². The molecule has 1 aliphatic rings. The number of hydrogen-bond donors (Lipinski definition) is 2. The number of halogens is 1. The number of nitrogens with one attached hydrogen (secondary N) is 1. The Morgan fingerprint density at radius 3 is 2.94 bits per heavy atom. The van der Waals surface area contributed by atoms with Crippen molar-refractivity contribution in [2.45, 2.75) is 18.9 Å². The molecular formula is C13H18FNO2. The van der Waals surface area contributed by atoms with Crippen molar-refractivity contribution in [1.82, 2.24) is 5.32 Å². The molecule has 1 aromatic carbocycles. The zero-order valence-corrected chi connectivity index (χ0v) is 10.2. The largest absolute Gasteiger partial charge is 0.496 e. The third kappa shape index (κ3) is 2.15. The zero-order valence-electron chi connectivity index (χ0n) is 10.2. The van der Waals surface area contributed by atoms with Crippen LogP contribution < -0.4 is 10.1 Å². The third-order valence-corrected chi connectivity index (χ3v) is 3.58. The van der Waals surface area contributed by atoms with Crippen LogP contribution in [0.3, 0.4) is 0 Å². The second-order valence-electron chi connectivity index (χ2n) is 4.62. The maximum absolute atomic E-state index is 13.4. The molecule has 4 heteroatoms. The quantitative estimate of drug-likeness (QED) is 0.824. The van der Waals surface area contributed by atoms with E-state index in [2.05, 4.69) is 5.32 Å². The zero-order chi connectivity index (χ0) is 12.5. The number of hydrogen-bond acceptors (Lipinski definition) is 3. The van der Waals surface area contributed by atoms with Crippen molar-refractivity contribution < 1.29 is 14.2 Å². The molecule has 1 fully saturated rings. The van der Waals surface area contributed by atoms with Gasteiger partial charge in [-0.25, -0.2) is 4.39 Å². The first-order chi connectivity index (χ1) is 8.08. The van der Waals surface area contributed by atoms with Crippen LogP contribution in [0.1, 0.15) is 18.9 Å².